The molecule has 3 aromatic rings. The van der Waals surface area contributed by atoms with Gasteiger partial charge in [-0.3, -0.25) is 4.98 Å². The number of aryl methyl sites for hydroxylation is 2. The van der Waals surface area contributed by atoms with Crippen LogP contribution in [-0.4, -0.2) is 31.4 Å². The van der Waals surface area contributed by atoms with Crippen molar-refractivity contribution in [2.75, 3.05) is 11.9 Å². The van der Waals surface area contributed by atoms with Gasteiger partial charge in [0.25, 0.3) is 0 Å². The van der Waals surface area contributed by atoms with Crippen molar-refractivity contribution in [2.24, 2.45) is 0 Å². The van der Waals surface area contributed by atoms with Gasteiger partial charge in [0.1, 0.15) is 11.4 Å². The molecular formula is C18H20ClN5O. The second kappa shape index (κ2) is 6.82. The van der Waals surface area contributed by atoms with E-state index in [2.05, 4.69) is 20.4 Å². The maximum Gasteiger partial charge on any atom is 0.174 e. The number of aromatic nitrogens is 4. The Morgan fingerprint density at radius 3 is 2.68 bits per heavy atom. The van der Waals surface area contributed by atoms with Crippen molar-refractivity contribution in [1.29, 1.82) is 0 Å². The van der Waals surface area contributed by atoms with Gasteiger partial charge in [0.05, 0.1) is 18.1 Å². The third kappa shape index (κ3) is 3.81. The summed E-state index contributed by atoms with van der Waals surface area (Å²) in [6.45, 7) is 5.84. The van der Waals surface area contributed by atoms with E-state index in [1.54, 1.807) is 30.1 Å². The average molecular weight is 358 g/mol. The fourth-order valence-corrected chi connectivity index (χ4v) is 3.00. The van der Waals surface area contributed by atoms with Crippen LogP contribution in [0, 0.1) is 13.8 Å². The number of hydrogen-bond acceptors (Lipinski definition) is 5. The van der Waals surface area contributed by atoms with Gasteiger partial charge in [-0.05, 0) is 32.9 Å². The molecule has 0 aliphatic rings. The first-order valence-corrected chi connectivity index (χ1v) is 8.31. The number of aliphatic hydroxyl groups is 1. The van der Waals surface area contributed by atoms with Gasteiger partial charge in [-0.1, -0.05) is 29.8 Å². The molecule has 0 amide bonds. The molecule has 2 N–H and O–H groups in total. The third-order valence-electron chi connectivity index (χ3n) is 3.92. The number of benzene rings is 1. The van der Waals surface area contributed by atoms with Crippen LogP contribution in [0.3, 0.4) is 0 Å². The fourth-order valence-electron chi connectivity index (χ4n) is 2.66. The number of rotatable bonds is 5. The van der Waals surface area contributed by atoms with E-state index in [0.717, 1.165) is 11.4 Å². The van der Waals surface area contributed by atoms with Crippen molar-refractivity contribution in [2.45, 2.75) is 26.4 Å². The maximum absolute atomic E-state index is 10.7. The van der Waals surface area contributed by atoms with Crippen LogP contribution in [0.4, 0.5) is 5.82 Å². The Morgan fingerprint density at radius 2 is 2.00 bits per heavy atom. The molecule has 1 unspecified atom stereocenters. The highest BCUT2D eigenvalue weighted by atomic mass is 35.5. The summed E-state index contributed by atoms with van der Waals surface area (Å²) >= 11 is 6.19. The van der Waals surface area contributed by atoms with Crippen LogP contribution in [0.2, 0.25) is 5.02 Å². The van der Waals surface area contributed by atoms with Crippen LogP contribution >= 0.6 is 11.6 Å². The van der Waals surface area contributed by atoms with Crippen LogP contribution in [0.1, 0.15) is 23.9 Å². The van der Waals surface area contributed by atoms with E-state index in [0.29, 0.717) is 22.2 Å². The summed E-state index contributed by atoms with van der Waals surface area (Å²) in [7, 11) is 0. The number of nitrogens with one attached hydrogen (secondary N) is 1. The minimum absolute atomic E-state index is 0.242. The molecule has 1 aromatic carbocycles. The summed E-state index contributed by atoms with van der Waals surface area (Å²) in [6.07, 6.45) is 3.26. The zero-order valence-electron chi connectivity index (χ0n) is 14.4. The summed E-state index contributed by atoms with van der Waals surface area (Å²) in [5, 5.41) is 18.8. The highest BCUT2D eigenvalue weighted by molar-refractivity contribution is 6.31. The standard InChI is InChI=1S/C18H20ClN5O/c1-12-8-13(2)24(23-12)17-10-20-9-16(22-17)21-11-18(3,25)14-6-4-5-7-15(14)19/h4-10,25H,11H2,1-3H3,(H,21,22). The molecule has 0 saturated carbocycles. The van der Waals surface area contributed by atoms with Crippen LogP contribution < -0.4 is 5.32 Å². The first-order valence-electron chi connectivity index (χ1n) is 7.94. The molecule has 0 bridgehead atoms. The Balaban J connectivity index is 1.79. The molecule has 2 aromatic heterocycles. The third-order valence-corrected chi connectivity index (χ3v) is 4.25. The van der Waals surface area contributed by atoms with Crippen LogP contribution in [0.15, 0.2) is 42.7 Å². The topological polar surface area (TPSA) is 75.9 Å². The summed E-state index contributed by atoms with van der Waals surface area (Å²) in [5.74, 6) is 1.17. The Kier molecular flexibility index (Phi) is 4.74. The van der Waals surface area contributed by atoms with E-state index in [4.69, 9.17) is 11.6 Å². The fraction of sp³-hybridized carbons (Fsp3) is 0.278. The Morgan fingerprint density at radius 1 is 1.24 bits per heavy atom. The minimum atomic E-state index is -1.14. The number of halogens is 1. The highest BCUT2D eigenvalue weighted by Crippen LogP contribution is 2.28. The van der Waals surface area contributed by atoms with E-state index in [1.165, 1.54) is 0 Å². The Hall–Kier alpha value is -2.44. The lowest BCUT2D eigenvalue weighted by atomic mass is 9.96. The quantitative estimate of drug-likeness (QED) is 0.733. The maximum atomic E-state index is 10.7. The zero-order valence-corrected chi connectivity index (χ0v) is 15.1. The summed E-state index contributed by atoms with van der Waals surface area (Å²) < 4.78 is 1.74. The highest BCUT2D eigenvalue weighted by Gasteiger charge is 2.25. The molecule has 0 spiro atoms. The number of anilines is 1. The molecule has 6 nitrogen and oxygen atoms in total. The van der Waals surface area contributed by atoms with Crippen molar-refractivity contribution in [1.82, 2.24) is 19.7 Å². The first kappa shape index (κ1) is 17.4. The van der Waals surface area contributed by atoms with Crippen LogP contribution in [0.5, 0.6) is 0 Å². The van der Waals surface area contributed by atoms with Crippen molar-refractivity contribution < 1.29 is 5.11 Å². The molecule has 25 heavy (non-hydrogen) atoms. The average Bonchev–Trinajstić information content (AvgIpc) is 2.92. The predicted octanol–water partition coefficient (Wildman–Crippen LogP) is 3.25. The largest absolute Gasteiger partial charge is 0.384 e. The van der Waals surface area contributed by atoms with Gasteiger partial charge in [-0.15, -0.1) is 0 Å². The van der Waals surface area contributed by atoms with Crippen molar-refractivity contribution in [3.05, 3.63) is 64.7 Å². The normalized spacial score (nSPS) is 13.5. The van der Waals surface area contributed by atoms with E-state index in [1.807, 2.05) is 38.1 Å². The van der Waals surface area contributed by atoms with Gasteiger partial charge in [-0.2, -0.15) is 5.10 Å². The summed E-state index contributed by atoms with van der Waals surface area (Å²) in [6, 6.07) is 9.22. The van der Waals surface area contributed by atoms with Gasteiger partial charge in [0.15, 0.2) is 5.82 Å². The molecule has 2 heterocycles. The molecule has 130 valence electrons. The molecule has 0 radical (unpaired) electrons. The lowest BCUT2D eigenvalue weighted by Gasteiger charge is -2.25. The molecule has 0 aliphatic carbocycles. The van der Waals surface area contributed by atoms with E-state index in [9.17, 15) is 5.11 Å². The lowest BCUT2D eigenvalue weighted by molar-refractivity contribution is 0.0715. The van der Waals surface area contributed by atoms with Crippen molar-refractivity contribution >= 4 is 17.4 Å². The second-order valence-corrected chi connectivity index (χ2v) is 6.62. The predicted molar refractivity (Wildman–Crippen MR) is 98.1 cm³/mol. The molecule has 7 heteroatoms. The zero-order chi connectivity index (χ0) is 18.0. The number of hydrogen-bond donors (Lipinski definition) is 2. The van der Waals surface area contributed by atoms with E-state index >= 15 is 0 Å². The van der Waals surface area contributed by atoms with Gasteiger partial charge in [0.2, 0.25) is 0 Å². The first-order chi connectivity index (χ1) is 11.9. The van der Waals surface area contributed by atoms with E-state index < -0.39 is 5.60 Å². The SMILES string of the molecule is Cc1cc(C)n(-c2cncc(NCC(C)(O)c3ccccc3Cl)n2)n1. The van der Waals surface area contributed by atoms with Gasteiger partial charge >= 0.3 is 0 Å². The Bertz CT molecular complexity index is 891. The van der Waals surface area contributed by atoms with Gasteiger partial charge in [0, 0.05) is 22.8 Å². The molecule has 3 rings (SSSR count). The molecule has 0 aliphatic heterocycles. The summed E-state index contributed by atoms with van der Waals surface area (Å²) in [5.41, 5.74) is 1.41. The molecule has 0 saturated heterocycles. The molecule has 0 fully saturated rings. The number of nitrogens with zero attached hydrogens (tertiary/aromatic N) is 4. The summed E-state index contributed by atoms with van der Waals surface area (Å²) in [4.78, 5) is 8.73. The molecule has 1 atom stereocenters. The van der Waals surface area contributed by atoms with E-state index in [-0.39, 0.29) is 6.54 Å². The van der Waals surface area contributed by atoms with Gasteiger partial charge in [-0.25, -0.2) is 9.67 Å². The monoisotopic (exact) mass is 357 g/mol. The van der Waals surface area contributed by atoms with Crippen molar-refractivity contribution in [3.8, 4) is 5.82 Å². The second-order valence-electron chi connectivity index (χ2n) is 6.21. The van der Waals surface area contributed by atoms with Crippen LogP contribution in [-0.2, 0) is 5.60 Å². The van der Waals surface area contributed by atoms with Crippen molar-refractivity contribution in [3.63, 3.8) is 0 Å². The Labute approximate surface area is 151 Å². The smallest absolute Gasteiger partial charge is 0.174 e. The minimum Gasteiger partial charge on any atom is -0.384 e. The van der Waals surface area contributed by atoms with Gasteiger partial charge < -0.3 is 10.4 Å². The molecular weight excluding hydrogens is 338 g/mol. The van der Waals surface area contributed by atoms with Crippen LogP contribution in [0.25, 0.3) is 5.82 Å². The lowest BCUT2D eigenvalue weighted by Crippen LogP contribution is -2.31.